The second-order valence-electron chi connectivity index (χ2n) is 3.22. The van der Waals surface area contributed by atoms with Crippen LogP contribution in [-0.4, -0.2) is 5.78 Å². The standard InChI is InChI=1S/C13H10O2.Na/c14-12-8-6-11(7-9-12)13(15)10-4-2-1-3-5-10;/h1-9,14H;/q;+1/p-1. The summed E-state index contributed by atoms with van der Waals surface area (Å²) in [6.45, 7) is 0. The van der Waals surface area contributed by atoms with Crippen molar-refractivity contribution in [3.8, 4) is 5.75 Å². The predicted molar refractivity (Wildman–Crippen MR) is 55.8 cm³/mol. The minimum absolute atomic E-state index is 0. The van der Waals surface area contributed by atoms with E-state index < -0.39 is 0 Å². The third kappa shape index (κ3) is 2.95. The molecule has 2 aromatic carbocycles. The fourth-order valence-corrected chi connectivity index (χ4v) is 1.36. The van der Waals surface area contributed by atoms with Crippen molar-refractivity contribution in [2.24, 2.45) is 0 Å². The molecule has 0 unspecified atom stereocenters. The summed E-state index contributed by atoms with van der Waals surface area (Å²) in [5, 5.41) is 10.9. The molecule has 2 rings (SSSR count). The Morgan fingerprint density at radius 1 is 0.812 bits per heavy atom. The van der Waals surface area contributed by atoms with E-state index in [1.807, 2.05) is 18.2 Å². The van der Waals surface area contributed by atoms with Gasteiger partial charge in [0.05, 0.1) is 0 Å². The molecule has 0 spiro atoms. The Morgan fingerprint density at radius 2 is 1.31 bits per heavy atom. The van der Waals surface area contributed by atoms with E-state index in [1.165, 1.54) is 12.1 Å². The van der Waals surface area contributed by atoms with Crippen LogP contribution in [0.15, 0.2) is 54.6 Å². The summed E-state index contributed by atoms with van der Waals surface area (Å²) in [7, 11) is 0. The number of hydrogen-bond acceptors (Lipinski definition) is 2. The molecule has 0 heterocycles. The van der Waals surface area contributed by atoms with Crippen LogP contribution in [0.3, 0.4) is 0 Å². The van der Waals surface area contributed by atoms with Crippen LogP contribution in [0.4, 0.5) is 0 Å². The van der Waals surface area contributed by atoms with Crippen molar-refractivity contribution in [1.82, 2.24) is 0 Å². The Kier molecular flexibility index (Phi) is 4.74. The third-order valence-corrected chi connectivity index (χ3v) is 2.15. The quantitative estimate of drug-likeness (QED) is 0.481. The Hall–Kier alpha value is -1.09. The summed E-state index contributed by atoms with van der Waals surface area (Å²) in [6.07, 6.45) is 0. The normalized spacial score (nSPS) is 9.25. The van der Waals surface area contributed by atoms with Crippen LogP contribution in [0.1, 0.15) is 15.9 Å². The van der Waals surface area contributed by atoms with Gasteiger partial charge in [0.25, 0.3) is 0 Å². The van der Waals surface area contributed by atoms with Crippen LogP contribution in [0, 0.1) is 0 Å². The van der Waals surface area contributed by atoms with Gasteiger partial charge in [0.2, 0.25) is 0 Å². The molecule has 2 nitrogen and oxygen atoms in total. The first-order chi connectivity index (χ1) is 7.27. The number of hydrogen-bond donors (Lipinski definition) is 0. The van der Waals surface area contributed by atoms with E-state index in [4.69, 9.17) is 0 Å². The molecular formula is C13H9NaO2. The van der Waals surface area contributed by atoms with Gasteiger partial charge < -0.3 is 5.11 Å². The third-order valence-electron chi connectivity index (χ3n) is 2.15. The number of rotatable bonds is 2. The minimum atomic E-state index is -0.0837. The SMILES string of the molecule is O=C(c1ccccc1)c1ccc([O-])cc1.[Na+]. The van der Waals surface area contributed by atoms with Gasteiger partial charge in [0.15, 0.2) is 5.78 Å². The first-order valence-electron chi connectivity index (χ1n) is 4.64. The molecule has 0 fully saturated rings. The molecule has 0 atom stereocenters. The van der Waals surface area contributed by atoms with Gasteiger partial charge in [-0.05, 0) is 0 Å². The molecule has 0 aromatic heterocycles. The average Bonchev–Trinajstić information content (AvgIpc) is 2.30. The predicted octanol–water partition coefficient (Wildman–Crippen LogP) is -1.00. The van der Waals surface area contributed by atoms with Crippen molar-refractivity contribution in [2.45, 2.75) is 0 Å². The van der Waals surface area contributed by atoms with Crippen LogP contribution in [0.2, 0.25) is 0 Å². The zero-order valence-corrected chi connectivity index (χ0v) is 11.0. The molecule has 74 valence electrons. The summed E-state index contributed by atoms with van der Waals surface area (Å²) in [4.78, 5) is 11.9. The summed E-state index contributed by atoms with van der Waals surface area (Å²) in [5.74, 6) is -0.143. The van der Waals surface area contributed by atoms with E-state index in [-0.39, 0.29) is 41.1 Å². The van der Waals surface area contributed by atoms with Gasteiger partial charge in [-0.1, -0.05) is 54.6 Å². The molecule has 0 aliphatic rings. The Bertz CT molecular complexity index is 463. The van der Waals surface area contributed by atoms with Gasteiger partial charge in [-0.2, -0.15) is 0 Å². The van der Waals surface area contributed by atoms with E-state index in [0.717, 1.165) is 0 Å². The molecular weight excluding hydrogens is 211 g/mol. The van der Waals surface area contributed by atoms with Crippen molar-refractivity contribution in [1.29, 1.82) is 0 Å². The van der Waals surface area contributed by atoms with E-state index >= 15 is 0 Å². The van der Waals surface area contributed by atoms with E-state index in [9.17, 15) is 9.90 Å². The Labute approximate surface area is 116 Å². The maximum atomic E-state index is 11.9. The fourth-order valence-electron chi connectivity index (χ4n) is 1.36. The molecule has 0 bridgehead atoms. The van der Waals surface area contributed by atoms with E-state index in [0.29, 0.717) is 11.1 Å². The topological polar surface area (TPSA) is 40.1 Å². The van der Waals surface area contributed by atoms with Crippen molar-refractivity contribution in [3.63, 3.8) is 0 Å². The molecule has 3 heteroatoms. The zero-order valence-electron chi connectivity index (χ0n) is 9.01. The van der Waals surface area contributed by atoms with Gasteiger partial charge >= 0.3 is 29.6 Å². The van der Waals surface area contributed by atoms with Gasteiger partial charge in [0.1, 0.15) is 0 Å². The van der Waals surface area contributed by atoms with Crippen molar-refractivity contribution in [2.75, 3.05) is 0 Å². The van der Waals surface area contributed by atoms with Gasteiger partial charge in [-0.25, -0.2) is 0 Å². The van der Waals surface area contributed by atoms with Gasteiger partial charge in [0, 0.05) is 11.1 Å². The molecule has 2 aromatic rings. The molecule has 0 amide bonds. The van der Waals surface area contributed by atoms with Gasteiger partial charge in [-0.3, -0.25) is 4.79 Å². The van der Waals surface area contributed by atoms with E-state index in [1.54, 1.807) is 24.3 Å². The molecule has 0 saturated heterocycles. The van der Waals surface area contributed by atoms with Gasteiger partial charge in [-0.15, -0.1) is 5.75 Å². The number of benzene rings is 2. The van der Waals surface area contributed by atoms with E-state index in [2.05, 4.69) is 0 Å². The molecule has 0 aliphatic carbocycles. The first-order valence-corrected chi connectivity index (χ1v) is 4.64. The summed E-state index contributed by atoms with van der Waals surface area (Å²) < 4.78 is 0. The van der Waals surface area contributed by atoms with Crippen LogP contribution in [0.5, 0.6) is 5.75 Å². The number of carbonyl (C=O) groups is 1. The Morgan fingerprint density at radius 3 is 1.88 bits per heavy atom. The molecule has 0 aliphatic heterocycles. The maximum Gasteiger partial charge on any atom is 1.00 e. The monoisotopic (exact) mass is 220 g/mol. The zero-order chi connectivity index (χ0) is 10.7. The largest absolute Gasteiger partial charge is 1.00 e. The fraction of sp³-hybridized carbons (Fsp3) is 0. The average molecular weight is 220 g/mol. The second-order valence-corrected chi connectivity index (χ2v) is 3.22. The van der Waals surface area contributed by atoms with Crippen LogP contribution in [-0.2, 0) is 0 Å². The molecule has 0 N–H and O–H groups in total. The van der Waals surface area contributed by atoms with Crippen LogP contribution in [0.25, 0.3) is 0 Å². The maximum absolute atomic E-state index is 11.9. The van der Waals surface area contributed by atoms with Crippen molar-refractivity contribution >= 4 is 5.78 Å². The van der Waals surface area contributed by atoms with Crippen LogP contribution >= 0.6 is 0 Å². The second kappa shape index (κ2) is 5.85. The van der Waals surface area contributed by atoms with Crippen LogP contribution < -0.4 is 34.7 Å². The molecule has 0 radical (unpaired) electrons. The van der Waals surface area contributed by atoms with Crippen molar-refractivity contribution in [3.05, 3.63) is 65.7 Å². The smallest absolute Gasteiger partial charge is 0.872 e. The number of carbonyl (C=O) groups excluding carboxylic acids is 1. The first kappa shape index (κ1) is 13.0. The minimum Gasteiger partial charge on any atom is -0.872 e. The molecule has 0 saturated carbocycles. The summed E-state index contributed by atoms with van der Waals surface area (Å²) in [5.41, 5.74) is 1.18. The summed E-state index contributed by atoms with van der Waals surface area (Å²) in [6, 6.07) is 14.9. The molecule has 16 heavy (non-hydrogen) atoms. The summed E-state index contributed by atoms with van der Waals surface area (Å²) >= 11 is 0. The van der Waals surface area contributed by atoms with Crippen molar-refractivity contribution < 1.29 is 39.5 Å². The number of ketones is 1. The Balaban J connectivity index is 0.00000128.